The number of nitrogens with one attached hydrogen (secondary N) is 2. The van der Waals surface area contributed by atoms with Crippen molar-refractivity contribution in [3.8, 4) is 11.1 Å². The number of unbranched alkanes of at least 4 members (excludes halogenated alkanes) is 1. The number of halogens is 1. The molecule has 0 unspecified atom stereocenters. The molecular weight excluding hydrogens is 524 g/mol. The largest absolute Gasteiger partial charge is 0.390 e. The van der Waals surface area contributed by atoms with E-state index in [1.54, 1.807) is 48.5 Å². The molecule has 4 aromatic rings. The van der Waals surface area contributed by atoms with E-state index in [-0.39, 0.29) is 11.5 Å². The highest BCUT2D eigenvalue weighted by molar-refractivity contribution is 7.90. The van der Waals surface area contributed by atoms with E-state index in [4.69, 9.17) is 11.6 Å². The molecule has 10 heteroatoms. The zero-order valence-corrected chi connectivity index (χ0v) is 22.5. The highest BCUT2D eigenvalue weighted by Gasteiger charge is 2.22. The van der Waals surface area contributed by atoms with E-state index in [9.17, 15) is 18.3 Å². The Balaban J connectivity index is 1.56. The number of rotatable bonds is 10. The fourth-order valence-electron chi connectivity index (χ4n) is 4.14. The number of imidazole rings is 1. The van der Waals surface area contributed by atoms with E-state index in [2.05, 4.69) is 21.9 Å². The molecule has 0 spiro atoms. The first-order valence-electron chi connectivity index (χ1n) is 12.2. The monoisotopic (exact) mass is 552 g/mol. The zero-order chi connectivity index (χ0) is 27.1. The van der Waals surface area contributed by atoms with E-state index in [1.165, 1.54) is 6.07 Å². The van der Waals surface area contributed by atoms with E-state index in [0.29, 0.717) is 34.2 Å². The summed E-state index contributed by atoms with van der Waals surface area (Å²) in [6.45, 7) is 2.35. The van der Waals surface area contributed by atoms with Gasteiger partial charge >= 0.3 is 6.03 Å². The summed E-state index contributed by atoms with van der Waals surface area (Å²) >= 11 is 6.26. The lowest BCUT2D eigenvalue weighted by atomic mass is 10.0. The van der Waals surface area contributed by atoms with Gasteiger partial charge in [-0.3, -0.25) is 0 Å². The Kier molecular flexibility index (Phi) is 8.83. The minimum atomic E-state index is -4.15. The Hall–Kier alpha value is -3.66. The summed E-state index contributed by atoms with van der Waals surface area (Å²) in [6, 6.07) is 21.7. The van der Waals surface area contributed by atoms with Gasteiger partial charge in [-0.15, -0.1) is 0 Å². The van der Waals surface area contributed by atoms with Gasteiger partial charge < -0.3 is 15.0 Å². The lowest BCUT2D eigenvalue weighted by Crippen LogP contribution is -2.34. The molecule has 3 N–H and O–H groups in total. The van der Waals surface area contributed by atoms with Crippen LogP contribution in [0.15, 0.2) is 83.8 Å². The molecule has 4 rings (SSSR count). The van der Waals surface area contributed by atoms with Crippen LogP contribution in [0.3, 0.4) is 0 Å². The summed E-state index contributed by atoms with van der Waals surface area (Å²) < 4.78 is 30.2. The van der Waals surface area contributed by atoms with Gasteiger partial charge in [-0.2, -0.15) is 0 Å². The second-order valence-electron chi connectivity index (χ2n) is 8.73. The number of amides is 2. The van der Waals surface area contributed by atoms with Gasteiger partial charge in [0.15, 0.2) is 5.15 Å². The van der Waals surface area contributed by atoms with Crippen molar-refractivity contribution in [1.29, 1.82) is 0 Å². The summed E-state index contributed by atoms with van der Waals surface area (Å²) in [7, 11) is -4.15. The molecule has 0 fully saturated rings. The van der Waals surface area contributed by atoms with Crippen molar-refractivity contribution in [2.45, 2.75) is 44.2 Å². The molecule has 0 saturated heterocycles. The molecule has 1 aromatic heterocycles. The fraction of sp³-hybridized carbons (Fsp3) is 0.214. The van der Waals surface area contributed by atoms with E-state index in [0.717, 1.165) is 30.7 Å². The van der Waals surface area contributed by atoms with Crippen LogP contribution in [-0.2, 0) is 29.6 Å². The number of hydrogen-bond acceptors (Lipinski definition) is 5. The van der Waals surface area contributed by atoms with Crippen molar-refractivity contribution in [2.75, 3.05) is 5.32 Å². The van der Waals surface area contributed by atoms with Crippen LogP contribution in [0.1, 0.15) is 36.8 Å². The number of aliphatic hydroxyl groups is 1. The van der Waals surface area contributed by atoms with Gasteiger partial charge in [0.1, 0.15) is 5.82 Å². The molecule has 8 nitrogen and oxygen atoms in total. The van der Waals surface area contributed by atoms with Gasteiger partial charge in [0.25, 0.3) is 10.0 Å². The Morgan fingerprint density at radius 3 is 2.37 bits per heavy atom. The average Bonchev–Trinajstić information content (AvgIpc) is 3.21. The molecule has 38 heavy (non-hydrogen) atoms. The first-order chi connectivity index (χ1) is 18.3. The predicted octanol–water partition coefficient (Wildman–Crippen LogP) is 5.60. The van der Waals surface area contributed by atoms with Crippen LogP contribution >= 0.6 is 11.6 Å². The van der Waals surface area contributed by atoms with E-state index >= 15 is 0 Å². The van der Waals surface area contributed by atoms with Gasteiger partial charge in [-0.05, 0) is 35.7 Å². The lowest BCUT2D eigenvalue weighted by molar-refractivity contribution is 0.256. The quantitative estimate of drug-likeness (QED) is 0.237. The Labute approximate surface area is 227 Å². The van der Waals surface area contributed by atoms with Crippen LogP contribution in [-0.4, -0.2) is 29.1 Å². The number of carbonyl (C=O) groups excluding carboxylic acids is 1. The van der Waals surface area contributed by atoms with Crippen molar-refractivity contribution in [1.82, 2.24) is 14.3 Å². The van der Waals surface area contributed by atoms with E-state index in [1.807, 2.05) is 28.8 Å². The summed E-state index contributed by atoms with van der Waals surface area (Å²) in [5, 5.41) is 12.6. The second kappa shape index (κ2) is 12.3. The Morgan fingerprint density at radius 1 is 1.00 bits per heavy atom. The first-order valence-corrected chi connectivity index (χ1v) is 14.1. The number of hydrogen-bond donors (Lipinski definition) is 3. The van der Waals surface area contributed by atoms with Crippen molar-refractivity contribution in [3.05, 3.63) is 101 Å². The number of aliphatic hydroxyl groups excluding tert-OH is 1. The number of sulfonamides is 1. The summed E-state index contributed by atoms with van der Waals surface area (Å²) in [5.74, 6) is 0.821. The van der Waals surface area contributed by atoms with Crippen molar-refractivity contribution in [2.24, 2.45) is 0 Å². The minimum Gasteiger partial charge on any atom is -0.390 e. The topological polar surface area (TPSA) is 113 Å². The lowest BCUT2D eigenvalue weighted by Gasteiger charge is -2.14. The standard InChI is InChI=1S/C28H29ClN4O4S/c1-2-3-13-26-31-27(29)24(19-34)33(26)18-20-14-16-21(17-15-20)23-11-7-8-12-25(23)38(36,37)32-28(35)30-22-9-5-4-6-10-22/h4-12,14-17,34H,2-3,13,18-19H2,1H3,(H2,30,32,35). The SMILES string of the molecule is CCCCc1nc(Cl)c(CO)n1Cc1ccc(-c2ccccc2S(=O)(=O)NC(=O)Nc2ccccc2)cc1. The number of para-hydroxylation sites is 1. The summed E-state index contributed by atoms with van der Waals surface area (Å²) in [4.78, 5) is 16.8. The van der Waals surface area contributed by atoms with E-state index < -0.39 is 16.1 Å². The van der Waals surface area contributed by atoms with Crippen LogP contribution in [0.5, 0.6) is 0 Å². The molecular formula is C28H29ClN4O4S. The summed E-state index contributed by atoms with van der Waals surface area (Å²) in [6.07, 6.45) is 2.73. The molecule has 0 atom stereocenters. The average molecular weight is 553 g/mol. The Morgan fingerprint density at radius 2 is 1.68 bits per heavy atom. The van der Waals surface area contributed by atoms with Gasteiger partial charge in [0.2, 0.25) is 0 Å². The molecule has 0 aliphatic heterocycles. The van der Waals surface area contributed by atoms with Crippen LogP contribution in [0.25, 0.3) is 11.1 Å². The van der Waals surface area contributed by atoms with Gasteiger partial charge in [-0.1, -0.05) is 85.6 Å². The number of benzene rings is 3. The molecule has 0 bridgehead atoms. The van der Waals surface area contributed by atoms with Gasteiger partial charge in [0, 0.05) is 24.2 Å². The van der Waals surface area contributed by atoms with Crippen molar-refractivity contribution < 1.29 is 18.3 Å². The number of nitrogens with zero attached hydrogens (tertiary/aromatic N) is 2. The maximum Gasteiger partial charge on any atom is 0.333 e. The molecule has 0 saturated carbocycles. The number of anilines is 1. The zero-order valence-electron chi connectivity index (χ0n) is 20.9. The van der Waals surface area contributed by atoms with Gasteiger partial charge in [-0.25, -0.2) is 22.9 Å². The minimum absolute atomic E-state index is 0.0122. The number of urea groups is 1. The molecule has 0 aliphatic carbocycles. The number of aromatic nitrogens is 2. The van der Waals surface area contributed by atoms with Crippen LogP contribution in [0.2, 0.25) is 5.15 Å². The van der Waals surface area contributed by atoms with Gasteiger partial charge in [0.05, 0.1) is 17.2 Å². The normalized spacial score (nSPS) is 11.3. The smallest absolute Gasteiger partial charge is 0.333 e. The molecule has 3 aromatic carbocycles. The molecule has 0 radical (unpaired) electrons. The molecule has 2 amide bonds. The second-order valence-corrected chi connectivity index (χ2v) is 10.7. The third-order valence-electron chi connectivity index (χ3n) is 6.05. The maximum absolute atomic E-state index is 13.1. The highest BCUT2D eigenvalue weighted by Crippen LogP contribution is 2.28. The Bertz CT molecular complexity index is 1500. The fourth-order valence-corrected chi connectivity index (χ4v) is 5.53. The number of carbonyl (C=O) groups is 1. The molecule has 0 aliphatic rings. The van der Waals surface area contributed by atoms with Crippen molar-refractivity contribution >= 4 is 33.3 Å². The maximum atomic E-state index is 13.1. The van der Waals surface area contributed by atoms with Crippen LogP contribution in [0.4, 0.5) is 10.5 Å². The molecule has 1 heterocycles. The van der Waals surface area contributed by atoms with Crippen LogP contribution < -0.4 is 10.0 Å². The van der Waals surface area contributed by atoms with Crippen molar-refractivity contribution in [3.63, 3.8) is 0 Å². The predicted molar refractivity (Wildman–Crippen MR) is 149 cm³/mol. The highest BCUT2D eigenvalue weighted by atomic mass is 35.5. The third kappa shape index (κ3) is 6.42. The first kappa shape index (κ1) is 27.4. The summed E-state index contributed by atoms with van der Waals surface area (Å²) in [5.41, 5.74) is 3.12. The molecule has 198 valence electrons. The number of aryl methyl sites for hydroxylation is 1. The third-order valence-corrected chi connectivity index (χ3v) is 7.74. The van der Waals surface area contributed by atoms with Crippen LogP contribution in [0, 0.1) is 0 Å².